The van der Waals surface area contributed by atoms with Crippen molar-refractivity contribution in [2.75, 3.05) is 7.11 Å². The number of benzene rings is 2. The number of methoxy groups -OCH3 is 1. The van der Waals surface area contributed by atoms with Gasteiger partial charge in [-0.2, -0.15) is 9.61 Å². The van der Waals surface area contributed by atoms with Gasteiger partial charge in [0.15, 0.2) is 6.10 Å². The quantitative estimate of drug-likeness (QED) is 0.465. The molecule has 164 valence electrons. The zero-order chi connectivity index (χ0) is 22.7. The number of ether oxygens (including phenoxy) is 2. The number of aromatic nitrogens is 3. The largest absolute Gasteiger partial charge is 0.497 e. The maximum absolute atomic E-state index is 12.5. The third-order valence-corrected chi connectivity index (χ3v) is 5.71. The van der Waals surface area contributed by atoms with Crippen LogP contribution in [-0.4, -0.2) is 33.7 Å². The Labute approximate surface area is 188 Å². The molecule has 9 heteroatoms. The second-order valence-electron chi connectivity index (χ2n) is 7.21. The van der Waals surface area contributed by atoms with Gasteiger partial charge in [0, 0.05) is 11.6 Å². The molecule has 32 heavy (non-hydrogen) atoms. The molecule has 0 spiro atoms. The molecule has 1 unspecified atom stereocenters. The van der Waals surface area contributed by atoms with Crippen molar-refractivity contribution >= 4 is 22.2 Å². The van der Waals surface area contributed by atoms with Gasteiger partial charge in [0.05, 0.1) is 19.3 Å². The number of hydrogen-bond donors (Lipinski definition) is 1. The molecule has 2 aromatic carbocycles. The monoisotopic (exact) mass is 450 g/mol. The summed E-state index contributed by atoms with van der Waals surface area (Å²) in [7, 11) is 1.60. The lowest BCUT2D eigenvalue weighted by molar-refractivity contribution is -0.127. The molecule has 0 fully saturated rings. The Morgan fingerprint density at radius 2 is 1.94 bits per heavy atom. The summed E-state index contributed by atoms with van der Waals surface area (Å²) in [6.07, 6.45) is -0.688. The molecule has 0 bridgehead atoms. The van der Waals surface area contributed by atoms with Crippen molar-refractivity contribution < 1.29 is 14.3 Å². The fraction of sp³-hybridized carbons (Fsp3) is 0.217. The van der Waals surface area contributed by atoms with E-state index in [1.807, 2.05) is 49.4 Å². The van der Waals surface area contributed by atoms with Gasteiger partial charge in [0.2, 0.25) is 4.96 Å². The lowest BCUT2D eigenvalue weighted by atomic mass is 10.2. The van der Waals surface area contributed by atoms with Crippen molar-refractivity contribution in [3.63, 3.8) is 0 Å². The van der Waals surface area contributed by atoms with Crippen molar-refractivity contribution in [2.24, 2.45) is 0 Å². The second-order valence-corrected chi connectivity index (χ2v) is 8.17. The molecule has 4 aromatic rings. The van der Waals surface area contributed by atoms with Gasteiger partial charge in [-0.1, -0.05) is 23.5 Å². The molecule has 0 radical (unpaired) electrons. The van der Waals surface area contributed by atoms with E-state index < -0.39 is 6.10 Å². The van der Waals surface area contributed by atoms with Crippen LogP contribution in [0.5, 0.6) is 11.5 Å². The molecule has 0 aliphatic rings. The second kappa shape index (κ2) is 9.19. The van der Waals surface area contributed by atoms with Crippen molar-refractivity contribution in [1.82, 2.24) is 19.9 Å². The minimum atomic E-state index is -0.688. The first-order valence-electron chi connectivity index (χ1n) is 9.98. The summed E-state index contributed by atoms with van der Waals surface area (Å²) in [5.74, 6) is 1.07. The van der Waals surface area contributed by atoms with Gasteiger partial charge in [-0.3, -0.25) is 9.59 Å². The molecular weight excluding hydrogens is 428 g/mol. The van der Waals surface area contributed by atoms with E-state index in [0.29, 0.717) is 21.4 Å². The zero-order valence-electron chi connectivity index (χ0n) is 17.9. The standard InChI is InChI=1S/C23H22N4O4S/c1-14-5-4-6-19(11-14)31-15(2)21(29)24-13-17-12-20(28)27-23(25-17)32-22(26-27)16-7-9-18(30-3)10-8-16/h4-12,15H,13H2,1-3H3,(H,24,29). The molecule has 0 aliphatic heterocycles. The number of nitrogens with zero attached hydrogens (tertiary/aromatic N) is 3. The Hall–Kier alpha value is -3.72. The van der Waals surface area contributed by atoms with E-state index in [1.165, 1.54) is 21.9 Å². The van der Waals surface area contributed by atoms with Crippen LogP contribution in [0.4, 0.5) is 0 Å². The van der Waals surface area contributed by atoms with Gasteiger partial charge in [-0.25, -0.2) is 4.98 Å². The molecule has 2 aromatic heterocycles. The maximum atomic E-state index is 12.5. The highest BCUT2D eigenvalue weighted by Crippen LogP contribution is 2.26. The van der Waals surface area contributed by atoms with Crippen LogP contribution >= 0.6 is 11.3 Å². The van der Waals surface area contributed by atoms with Crippen LogP contribution in [0.1, 0.15) is 18.2 Å². The molecule has 1 atom stereocenters. The van der Waals surface area contributed by atoms with Gasteiger partial charge < -0.3 is 14.8 Å². The Morgan fingerprint density at radius 3 is 2.66 bits per heavy atom. The van der Waals surface area contributed by atoms with E-state index in [9.17, 15) is 9.59 Å². The minimum absolute atomic E-state index is 0.113. The van der Waals surface area contributed by atoms with Crippen molar-refractivity contribution in [3.8, 4) is 22.1 Å². The van der Waals surface area contributed by atoms with E-state index in [0.717, 1.165) is 16.9 Å². The van der Waals surface area contributed by atoms with E-state index in [2.05, 4.69) is 15.4 Å². The number of hydrogen-bond acceptors (Lipinski definition) is 7. The molecule has 0 saturated heterocycles. The third kappa shape index (κ3) is 4.78. The average molecular weight is 451 g/mol. The molecule has 1 N–H and O–H groups in total. The summed E-state index contributed by atoms with van der Waals surface area (Å²) in [4.78, 5) is 29.9. The number of carbonyl (C=O) groups is 1. The summed E-state index contributed by atoms with van der Waals surface area (Å²) in [6, 6.07) is 16.3. The predicted octanol–water partition coefficient (Wildman–Crippen LogP) is 3.22. The van der Waals surface area contributed by atoms with Crippen LogP contribution in [-0.2, 0) is 11.3 Å². The SMILES string of the molecule is COc1ccc(-c2nn3c(=O)cc(CNC(=O)C(C)Oc4cccc(C)c4)nc3s2)cc1. The minimum Gasteiger partial charge on any atom is -0.497 e. The summed E-state index contributed by atoms with van der Waals surface area (Å²) in [6.45, 7) is 3.74. The Bertz CT molecular complexity index is 1310. The van der Waals surface area contributed by atoms with Crippen LogP contribution in [0, 0.1) is 6.92 Å². The van der Waals surface area contributed by atoms with Crippen molar-refractivity contribution in [1.29, 1.82) is 0 Å². The fourth-order valence-corrected chi connectivity index (χ4v) is 3.99. The van der Waals surface area contributed by atoms with E-state index >= 15 is 0 Å². The number of aryl methyl sites for hydroxylation is 1. The Balaban J connectivity index is 1.46. The van der Waals surface area contributed by atoms with E-state index in [4.69, 9.17) is 9.47 Å². The topological polar surface area (TPSA) is 94.8 Å². The van der Waals surface area contributed by atoms with E-state index in [-0.39, 0.29) is 18.0 Å². The highest BCUT2D eigenvalue weighted by atomic mass is 32.1. The summed E-state index contributed by atoms with van der Waals surface area (Å²) in [5, 5.41) is 7.81. The number of nitrogens with one attached hydrogen (secondary N) is 1. The molecular formula is C23H22N4O4S. The number of rotatable bonds is 7. The first-order chi connectivity index (χ1) is 15.4. The van der Waals surface area contributed by atoms with Gasteiger partial charge >= 0.3 is 0 Å². The molecule has 0 aliphatic carbocycles. The Morgan fingerprint density at radius 1 is 1.16 bits per heavy atom. The van der Waals surface area contributed by atoms with Crippen LogP contribution in [0.25, 0.3) is 15.5 Å². The number of amides is 1. The normalized spacial score (nSPS) is 11.8. The van der Waals surface area contributed by atoms with Gasteiger partial charge in [-0.05, 0) is 55.8 Å². The lowest BCUT2D eigenvalue weighted by Gasteiger charge is -2.14. The molecule has 2 heterocycles. The number of fused-ring (bicyclic) bond motifs is 1. The van der Waals surface area contributed by atoms with Gasteiger partial charge in [0.25, 0.3) is 11.5 Å². The van der Waals surface area contributed by atoms with E-state index in [1.54, 1.807) is 20.1 Å². The highest BCUT2D eigenvalue weighted by molar-refractivity contribution is 7.19. The highest BCUT2D eigenvalue weighted by Gasteiger charge is 2.16. The predicted molar refractivity (Wildman–Crippen MR) is 122 cm³/mol. The van der Waals surface area contributed by atoms with Crippen molar-refractivity contribution in [2.45, 2.75) is 26.5 Å². The third-order valence-electron chi connectivity index (χ3n) is 4.75. The lowest BCUT2D eigenvalue weighted by Crippen LogP contribution is -2.36. The average Bonchev–Trinajstić information content (AvgIpc) is 3.22. The molecule has 4 rings (SSSR count). The smallest absolute Gasteiger partial charge is 0.275 e. The van der Waals surface area contributed by atoms with Crippen LogP contribution in [0.3, 0.4) is 0 Å². The fourth-order valence-electron chi connectivity index (χ4n) is 3.06. The molecule has 1 amide bonds. The van der Waals surface area contributed by atoms with Crippen molar-refractivity contribution in [3.05, 3.63) is 76.2 Å². The molecule has 8 nitrogen and oxygen atoms in total. The maximum Gasteiger partial charge on any atom is 0.275 e. The zero-order valence-corrected chi connectivity index (χ0v) is 18.7. The number of carbonyl (C=O) groups excluding carboxylic acids is 1. The Kier molecular flexibility index (Phi) is 6.18. The molecule has 0 saturated carbocycles. The van der Waals surface area contributed by atoms with Crippen LogP contribution < -0.4 is 20.3 Å². The summed E-state index contributed by atoms with van der Waals surface area (Å²) < 4.78 is 12.1. The van der Waals surface area contributed by atoms with Gasteiger partial charge in [0.1, 0.15) is 16.5 Å². The first kappa shape index (κ1) is 21.5. The summed E-state index contributed by atoms with van der Waals surface area (Å²) in [5.41, 5.74) is 2.06. The van der Waals surface area contributed by atoms with Gasteiger partial charge in [-0.15, -0.1) is 0 Å². The van der Waals surface area contributed by atoms with Crippen LogP contribution in [0.2, 0.25) is 0 Å². The first-order valence-corrected chi connectivity index (χ1v) is 10.8. The van der Waals surface area contributed by atoms with Crippen LogP contribution in [0.15, 0.2) is 59.4 Å². The summed E-state index contributed by atoms with van der Waals surface area (Å²) >= 11 is 1.30.